The molecule has 1 atom stereocenters. The Labute approximate surface area is 105 Å². The van der Waals surface area contributed by atoms with Gasteiger partial charge in [0.1, 0.15) is 0 Å². The van der Waals surface area contributed by atoms with Crippen LogP contribution in [0.5, 0.6) is 0 Å². The molecule has 102 valence electrons. The molecule has 1 heterocycles. The molecule has 0 aromatic heterocycles. The molecule has 1 aliphatic rings. The molecule has 0 bridgehead atoms. The van der Waals surface area contributed by atoms with E-state index in [1.807, 2.05) is 13.8 Å². The number of hydrogen-bond donors (Lipinski definition) is 1. The van der Waals surface area contributed by atoms with E-state index in [9.17, 15) is 9.59 Å². The number of oxime groups is 1. The zero-order valence-corrected chi connectivity index (χ0v) is 10.6. The minimum Gasteiger partial charge on any atom is -0.477 e. The van der Waals surface area contributed by atoms with Crippen LogP contribution in [0.2, 0.25) is 0 Å². The Morgan fingerprint density at radius 2 is 2.28 bits per heavy atom. The number of carbonyl (C=O) groups excluding carboxylic acids is 1. The van der Waals surface area contributed by atoms with Gasteiger partial charge in [-0.3, -0.25) is 4.79 Å². The highest BCUT2D eigenvalue weighted by molar-refractivity contribution is 6.36. The number of ether oxygens (including phenoxy) is 1. The third-order valence-corrected chi connectivity index (χ3v) is 2.59. The minimum atomic E-state index is -1.15. The van der Waals surface area contributed by atoms with Crippen LogP contribution in [0.25, 0.3) is 0 Å². The van der Waals surface area contributed by atoms with Crippen LogP contribution in [0.3, 0.4) is 0 Å². The Hall–Kier alpha value is -1.63. The SMILES string of the molecule is CCOCCN(CC)C(=O)C1CC(C(=O)O)=NO1. The molecule has 0 spiro atoms. The molecular weight excluding hydrogens is 240 g/mol. The summed E-state index contributed by atoms with van der Waals surface area (Å²) in [5, 5.41) is 12.1. The average Bonchev–Trinajstić information content (AvgIpc) is 2.83. The van der Waals surface area contributed by atoms with E-state index in [-0.39, 0.29) is 18.0 Å². The number of rotatable bonds is 7. The average molecular weight is 258 g/mol. The van der Waals surface area contributed by atoms with Crippen LogP contribution in [0.15, 0.2) is 5.16 Å². The van der Waals surface area contributed by atoms with Crippen LogP contribution in [-0.4, -0.2) is 60.0 Å². The summed E-state index contributed by atoms with van der Waals surface area (Å²) < 4.78 is 5.18. The van der Waals surface area contributed by atoms with Crippen molar-refractivity contribution in [3.05, 3.63) is 0 Å². The molecule has 0 radical (unpaired) electrons. The van der Waals surface area contributed by atoms with Crippen molar-refractivity contribution >= 4 is 17.6 Å². The summed E-state index contributed by atoms with van der Waals surface area (Å²) in [4.78, 5) is 29.1. The van der Waals surface area contributed by atoms with Crippen molar-refractivity contribution in [1.29, 1.82) is 0 Å². The first-order chi connectivity index (χ1) is 8.60. The maximum absolute atomic E-state index is 12.0. The minimum absolute atomic E-state index is 0.0132. The lowest BCUT2D eigenvalue weighted by Gasteiger charge is -2.22. The van der Waals surface area contributed by atoms with Gasteiger partial charge < -0.3 is 19.6 Å². The standard InChI is InChI=1S/C11H18N2O5/c1-3-13(5-6-17-4-2)10(14)9-7-8(11(15)16)12-18-9/h9H,3-7H2,1-2H3,(H,15,16). The van der Waals surface area contributed by atoms with Gasteiger partial charge in [0.15, 0.2) is 5.71 Å². The fraction of sp³-hybridized carbons (Fsp3) is 0.727. The molecule has 0 saturated carbocycles. The van der Waals surface area contributed by atoms with Gasteiger partial charge in [0.05, 0.1) is 6.61 Å². The van der Waals surface area contributed by atoms with Gasteiger partial charge in [-0.05, 0) is 13.8 Å². The third-order valence-electron chi connectivity index (χ3n) is 2.59. The lowest BCUT2D eigenvalue weighted by molar-refractivity contribution is -0.142. The van der Waals surface area contributed by atoms with Crippen LogP contribution in [-0.2, 0) is 19.2 Å². The summed E-state index contributed by atoms with van der Waals surface area (Å²) in [5.74, 6) is -1.40. The maximum Gasteiger partial charge on any atom is 0.353 e. The first-order valence-corrected chi connectivity index (χ1v) is 5.92. The van der Waals surface area contributed by atoms with Gasteiger partial charge in [-0.25, -0.2) is 4.79 Å². The van der Waals surface area contributed by atoms with Crippen molar-refractivity contribution in [3.63, 3.8) is 0 Å². The van der Waals surface area contributed by atoms with E-state index >= 15 is 0 Å². The Morgan fingerprint density at radius 3 is 2.78 bits per heavy atom. The van der Waals surface area contributed by atoms with Crippen molar-refractivity contribution in [3.8, 4) is 0 Å². The van der Waals surface area contributed by atoms with E-state index in [0.29, 0.717) is 26.3 Å². The van der Waals surface area contributed by atoms with Crippen LogP contribution in [0, 0.1) is 0 Å². The quantitative estimate of drug-likeness (QED) is 0.654. The molecule has 1 amide bonds. The molecule has 18 heavy (non-hydrogen) atoms. The van der Waals surface area contributed by atoms with Gasteiger partial charge in [0.25, 0.3) is 5.91 Å². The predicted octanol–water partition coefficient (Wildman–Crippen LogP) is 0.101. The van der Waals surface area contributed by atoms with Crippen LogP contribution < -0.4 is 0 Å². The molecule has 0 fully saturated rings. The molecule has 1 unspecified atom stereocenters. The molecular formula is C11H18N2O5. The molecule has 0 aromatic rings. The number of likely N-dealkylation sites (N-methyl/N-ethyl adjacent to an activating group) is 1. The topological polar surface area (TPSA) is 88.4 Å². The molecule has 7 heteroatoms. The summed E-state index contributed by atoms with van der Waals surface area (Å²) in [6.07, 6.45) is -0.808. The van der Waals surface area contributed by atoms with E-state index < -0.39 is 12.1 Å². The molecule has 1 rings (SSSR count). The molecule has 0 aliphatic carbocycles. The molecule has 0 saturated heterocycles. The van der Waals surface area contributed by atoms with Gasteiger partial charge in [0, 0.05) is 26.1 Å². The van der Waals surface area contributed by atoms with Crippen LogP contribution >= 0.6 is 0 Å². The second kappa shape index (κ2) is 6.95. The lowest BCUT2D eigenvalue weighted by atomic mass is 10.1. The van der Waals surface area contributed by atoms with E-state index in [1.165, 1.54) is 0 Å². The van der Waals surface area contributed by atoms with Gasteiger partial charge in [0.2, 0.25) is 6.10 Å². The highest BCUT2D eigenvalue weighted by atomic mass is 16.6. The number of amides is 1. The van der Waals surface area contributed by atoms with Gasteiger partial charge in [-0.1, -0.05) is 5.16 Å². The first kappa shape index (κ1) is 14.4. The third kappa shape index (κ3) is 3.69. The number of aliphatic carboxylic acids is 1. The predicted molar refractivity (Wildman–Crippen MR) is 63.3 cm³/mol. The second-order valence-electron chi connectivity index (χ2n) is 3.76. The zero-order chi connectivity index (χ0) is 13.5. The monoisotopic (exact) mass is 258 g/mol. The van der Waals surface area contributed by atoms with E-state index in [0.717, 1.165) is 0 Å². The van der Waals surface area contributed by atoms with Crippen LogP contribution in [0.1, 0.15) is 20.3 Å². The smallest absolute Gasteiger partial charge is 0.353 e. The number of carbonyl (C=O) groups is 2. The Bertz CT molecular complexity index is 342. The first-order valence-electron chi connectivity index (χ1n) is 5.92. The fourth-order valence-corrected chi connectivity index (χ4v) is 1.58. The van der Waals surface area contributed by atoms with Gasteiger partial charge >= 0.3 is 5.97 Å². The van der Waals surface area contributed by atoms with Crippen molar-refractivity contribution in [2.45, 2.75) is 26.4 Å². The van der Waals surface area contributed by atoms with Crippen molar-refractivity contribution < 1.29 is 24.3 Å². The van der Waals surface area contributed by atoms with E-state index in [4.69, 9.17) is 14.7 Å². The molecule has 0 aromatic carbocycles. The molecule has 1 aliphatic heterocycles. The second-order valence-corrected chi connectivity index (χ2v) is 3.76. The summed E-state index contributed by atoms with van der Waals surface area (Å²) in [6.45, 7) is 5.76. The molecule has 7 nitrogen and oxygen atoms in total. The van der Waals surface area contributed by atoms with Crippen molar-refractivity contribution in [1.82, 2.24) is 4.90 Å². The van der Waals surface area contributed by atoms with E-state index in [1.54, 1.807) is 4.90 Å². The summed E-state index contributed by atoms with van der Waals surface area (Å²) in [6, 6.07) is 0. The fourth-order valence-electron chi connectivity index (χ4n) is 1.58. The Morgan fingerprint density at radius 1 is 1.56 bits per heavy atom. The zero-order valence-electron chi connectivity index (χ0n) is 10.6. The van der Waals surface area contributed by atoms with Crippen molar-refractivity contribution in [2.75, 3.05) is 26.3 Å². The highest BCUT2D eigenvalue weighted by Crippen LogP contribution is 2.13. The number of nitrogens with zero attached hydrogens (tertiary/aromatic N) is 2. The highest BCUT2D eigenvalue weighted by Gasteiger charge is 2.33. The van der Waals surface area contributed by atoms with Crippen molar-refractivity contribution in [2.24, 2.45) is 5.16 Å². The van der Waals surface area contributed by atoms with Gasteiger partial charge in [-0.2, -0.15) is 0 Å². The molecule has 1 N–H and O–H groups in total. The lowest BCUT2D eigenvalue weighted by Crippen LogP contribution is -2.41. The number of carboxylic acids is 1. The number of carboxylic acid groups (broad SMARTS) is 1. The van der Waals surface area contributed by atoms with Gasteiger partial charge in [-0.15, -0.1) is 0 Å². The van der Waals surface area contributed by atoms with Crippen LogP contribution in [0.4, 0.5) is 0 Å². The van der Waals surface area contributed by atoms with E-state index in [2.05, 4.69) is 5.16 Å². The normalized spacial score (nSPS) is 18.1. The summed E-state index contributed by atoms with van der Waals surface area (Å²) >= 11 is 0. The number of hydrogen-bond acceptors (Lipinski definition) is 5. The Kier molecular flexibility index (Phi) is 5.57. The summed E-state index contributed by atoms with van der Waals surface area (Å²) in [5.41, 5.74) is -0.116. The summed E-state index contributed by atoms with van der Waals surface area (Å²) in [7, 11) is 0. The largest absolute Gasteiger partial charge is 0.477 e. The maximum atomic E-state index is 12.0. The Balaban J connectivity index is 2.46.